The Bertz CT molecular complexity index is 498. The van der Waals surface area contributed by atoms with E-state index in [1.54, 1.807) is 18.4 Å². The average Bonchev–Trinajstić information content (AvgIpc) is 2.81. The summed E-state index contributed by atoms with van der Waals surface area (Å²) in [5, 5.41) is 3.49. The number of thiophene rings is 1. The molecule has 0 amide bonds. The van der Waals surface area contributed by atoms with E-state index in [4.69, 9.17) is 4.74 Å². The molecule has 0 radical (unpaired) electrons. The highest BCUT2D eigenvalue weighted by molar-refractivity contribution is 9.11. The van der Waals surface area contributed by atoms with Crippen molar-refractivity contribution < 1.29 is 4.74 Å². The minimum Gasteiger partial charge on any atom is -0.384 e. The van der Waals surface area contributed by atoms with Gasteiger partial charge in [0, 0.05) is 24.2 Å². The van der Waals surface area contributed by atoms with Gasteiger partial charge in [-0.2, -0.15) is 0 Å². The predicted octanol–water partition coefficient (Wildman–Crippen LogP) is 4.31. The first-order valence-electron chi connectivity index (χ1n) is 5.84. The van der Waals surface area contributed by atoms with Crippen molar-refractivity contribution >= 4 is 33.0 Å². The average molecular weight is 326 g/mol. The smallest absolute Gasteiger partial charge is 0.0702 e. The Kier molecular flexibility index (Phi) is 5.23. The van der Waals surface area contributed by atoms with Crippen LogP contribution in [0, 0.1) is 0 Å². The van der Waals surface area contributed by atoms with E-state index in [0.29, 0.717) is 0 Å². The number of nitrogens with one attached hydrogen (secondary N) is 1. The Labute approximate surface area is 120 Å². The number of benzene rings is 1. The van der Waals surface area contributed by atoms with E-state index in [2.05, 4.69) is 57.6 Å². The number of methoxy groups -OCH3 is 1. The molecule has 4 heteroatoms. The van der Waals surface area contributed by atoms with E-state index in [1.165, 1.54) is 19.9 Å². The second-order valence-electron chi connectivity index (χ2n) is 3.96. The molecule has 0 atom stereocenters. The summed E-state index contributed by atoms with van der Waals surface area (Å²) >= 11 is 5.24. The molecule has 0 spiro atoms. The zero-order valence-corrected chi connectivity index (χ0v) is 12.7. The molecule has 2 rings (SSSR count). The molecular formula is C14H16BrNOS. The predicted molar refractivity (Wildman–Crippen MR) is 81.4 cm³/mol. The van der Waals surface area contributed by atoms with Crippen molar-refractivity contribution in [1.29, 1.82) is 0 Å². The van der Waals surface area contributed by atoms with Crippen LogP contribution in [-0.2, 0) is 17.7 Å². The van der Waals surface area contributed by atoms with Gasteiger partial charge in [0.25, 0.3) is 0 Å². The van der Waals surface area contributed by atoms with Crippen LogP contribution in [0.4, 0.5) is 5.69 Å². The van der Waals surface area contributed by atoms with Crippen LogP contribution in [0.3, 0.4) is 0 Å². The zero-order valence-electron chi connectivity index (χ0n) is 10.3. The fraction of sp³-hybridized carbons (Fsp3) is 0.286. The minimum atomic E-state index is 0.753. The third kappa shape index (κ3) is 3.83. The molecule has 1 aromatic carbocycles. The summed E-state index contributed by atoms with van der Waals surface area (Å²) < 4.78 is 6.31. The SMILES string of the molecule is COCCc1ccccc1NCc1ccc(Br)s1. The lowest BCUT2D eigenvalue weighted by Gasteiger charge is -2.10. The number of hydrogen-bond acceptors (Lipinski definition) is 3. The molecule has 1 aromatic heterocycles. The van der Waals surface area contributed by atoms with Gasteiger partial charge < -0.3 is 10.1 Å². The lowest BCUT2D eigenvalue weighted by molar-refractivity contribution is 0.202. The maximum Gasteiger partial charge on any atom is 0.0702 e. The molecule has 0 aliphatic heterocycles. The molecule has 0 saturated carbocycles. The van der Waals surface area contributed by atoms with E-state index in [0.717, 1.165) is 19.6 Å². The van der Waals surface area contributed by atoms with Crippen molar-refractivity contribution in [2.45, 2.75) is 13.0 Å². The van der Waals surface area contributed by atoms with Gasteiger partial charge in [0.15, 0.2) is 0 Å². The summed E-state index contributed by atoms with van der Waals surface area (Å²) in [6.07, 6.45) is 0.938. The van der Waals surface area contributed by atoms with Gasteiger partial charge in [-0.25, -0.2) is 0 Å². The summed E-state index contributed by atoms with van der Waals surface area (Å²) in [6, 6.07) is 12.6. The first kappa shape index (κ1) is 13.6. The monoisotopic (exact) mass is 325 g/mol. The summed E-state index contributed by atoms with van der Waals surface area (Å²) in [6.45, 7) is 1.61. The van der Waals surface area contributed by atoms with E-state index < -0.39 is 0 Å². The molecule has 2 nitrogen and oxygen atoms in total. The fourth-order valence-electron chi connectivity index (χ4n) is 1.75. The van der Waals surface area contributed by atoms with E-state index in [1.807, 2.05) is 0 Å². The van der Waals surface area contributed by atoms with Crippen LogP contribution in [0.15, 0.2) is 40.2 Å². The highest BCUT2D eigenvalue weighted by Gasteiger charge is 2.02. The Balaban J connectivity index is 1.99. The largest absolute Gasteiger partial charge is 0.384 e. The Morgan fingerprint density at radius 3 is 2.78 bits per heavy atom. The van der Waals surface area contributed by atoms with Crippen molar-refractivity contribution in [3.63, 3.8) is 0 Å². The van der Waals surface area contributed by atoms with Crippen LogP contribution >= 0.6 is 27.3 Å². The van der Waals surface area contributed by atoms with Gasteiger partial charge in [-0.3, -0.25) is 0 Å². The molecule has 0 aliphatic carbocycles. The molecule has 1 heterocycles. The summed E-state index contributed by atoms with van der Waals surface area (Å²) in [7, 11) is 1.74. The quantitative estimate of drug-likeness (QED) is 0.854. The number of hydrogen-bond donors (Lipinski definition) is 1. The molecule has 0 fully saturated rings. The van der Waals surface area contributed by atoms with E-state index >= 15 is 0 Å². The third-order valence-corrected chi connectivity index (χ3v) is 4.30. The number of para-hydroxylation sites is 1. The fourth-order valence-corrected chi connectivity index (χ4v) is 3.17. The molecule has 2 aromatic rings. The molecule has 0 bridgehead atoms. The first-order valence-corrected chi connectivity index (χ1v) is 7.45. The number of anilines is 1. The van der Waals surface area contributed by atoms with E-state index in [9.17, 15) is 0 Å². The van der Waals surface area contributed by atoms with Gasteiger partial charge >= 0.3 is 0 Å². The summed E-state index contributed by atoms with van der Waals surface area (Å²) in [4.78, 5) is 1.32. The van der Waals surface area contributed by atoms with Crippen LogP contribution in [-0.4, -0.2) is 13.7 Å². The molecule has 0 saturated heterocycles. The first-order chi connectivity index (χ1) is 8.79. The minimum absolute atomic E-state index is 0.753. The van der Waals surface area contributed by atoms with Gasteiger partial charge in [0.1, 0.15) is 0 Å². The molecular weight excluding hydrogens is 310 g/mol. The number of ether oxygens (including phenoxy) is 1. The standard InChI is InChI=1S/C14H16BrNOS/c1-17-9-8-11-4-2-3-5-13(11)16-10-12-6-7-14(15)18-12/h2-7,16H,8-10H2,1H3. The van der Waals surface area contributed by atoms with Gasteiger partial charge in [-0.05, 0) is 46.1 Å². The van der Waals surface area contributed by atoms with Gasteiger partial charge in [-0.15, -0.1) is 11.3 Å². The van der Waals surface area contributed by atoms with Gasteiger partial charge in [-0.1, -0.05) is 18.2 Å². The summed E-state index contributed by atoms with van der Waals surface area (Å²) in [5.41, 5.74) is 2.49. The Morgan fingerprint density at radius 2 is 2.06 bits per heavy atom. The molecule has 0 aliphatic rings. The lowest BCUT2D eigenvalue weighted by atomic mass is 10.1. The number of halogens is 1. The molecule has 96 valence electrons. The van der Waals surface area contributed by atoms with E-state index in [-0.39, 0.29) is 0 Å². The van der Waals surface area contributed by atoms with Crippen LogP contribution in [0.25, 0.3) is 0 Å². The second kappa shape index (κ2) is 6.92. The maximum atomic E-state index is 5.13. The van der Waals surface area contributed by atoms with Crippen LogP contribution < -0.4 is 5.32 Å². The second-order valence-corrected chi connectivity index (χ2v) is 6.51. The topological polar surface area (TPSA) is 21.3 Å². The van der Waals surface area contributed by atoms with Crippen molar-refractivity contribution in [3.8, 4) is 0 Å². The highest BCUT2D eigenvalue weighted by atomic mass is 79.9. The van der Waals surface area contributed by atoms with Crippen LogP contribution in [0.2, 0.25) is 0 Å². The normalized spacial score (nSPS) is 10.6. The van der Waals surface area contributed by atoms with Crippen molar-refractivity contribution in [1.82, 2.24) is 0 Å². The van der Waals surface area contributed by atoms with Gasteiger partial charge in [0.05, 0.1) is 10.4 Å². The molecule has 0 unspecified atom stereocenters. The zero-order chi connectivity index (χ0) is 12.8. The molecule has 1 N–H and O–H groups in total. The van der Waals surface area contributed by atoms with Crippen molar-refractivity contribution in [2.75, 3.05) is 19.0 Å². The van der Waals surface area contributed by atoms with Crippen LogP contribution in [0.1, 0.15) is 10.4 Å². The Morgan fingerprint density at radius 1 is 1.22 bits per heavy atom. The van der Waals surface area contributed by atoms with Crippen LogP contribution in [0.5, 0.6) is 0 Å². The van der Waals surface area contributed by atoms with Crippen molar-refractivity contribution in [3.05, 3.63) is 50.6 Å². The lowest BCUT2D eigenvalue weighted by Crippen LogP contribution is -2.03. The van der Waals surface area contributed by atoms with Gasteiger partial charge in [0.2, 0.25) is 0 Å². The molecule has 18 heavy (non-hydrogen) atoms. The maximum absolute atomic E-state index is 5.13. The van der Waals surface area contributed by atoms with Crippen molar-refractivity contribution in [2.24, 2.45) is 0 Å². The third-order valence-electron chi connectivity index (χ3n) is 2.67. The summed E-state index contributed by atoms with van der Waals surface area (Å²) in [5.74, 6) is 0. The number of rotatable bonds is 6. The highest BCUT2D eigenvalue weighted by Crippen LogP contribution is 2.23. The Hall–Kier alpha value is -0.840.